The maximum absolute atomic E-state index is 8.84. The minimum Gasteiger partial charge on any atom is -0.293 e. The van der Waals surface area contributed by atoms with Gasteiger partial charge in [-0.1, -0.05) is 25.5 Å². The summed E-state index contributed by atoms with van der Waals surface area (Å²) in [6, 6.07) is 3.17. The normalized spacial score (nSPS) is 23.0. The molecule has 1 aliphatic heterocycles. The topological polar surface area (TPSA) is 27.0 Å². The molecule has 0 saturated carbocycles. The van der Waals surface area contributed by atoms with Gasteiger partial charge in [-0.15, -0.1) is 0 Å². The van der Waals surface area contributed by atoms with E-state index in [1.165, 1.54) is 5.57 Å². The second-order valence-corrected chi connectivity index (χ2v) is 4.91. The minimum atomic E-state index is 0.334. The van der Waals surface area contributed by atoms with E-state index in [1.807, 2.05) is 0 Å². The average Bonchev–Trinajstić information content (AvgIpc) is 2.17. The minimum absolute atomic E-state index is 0.334. The van der Waals surface area contributed by atoms with Crippen molar-refractivity contribution in [2.24, 2.45) is 5.92 Å². The van der Waals surface area contributed by atoms with Gasteiger partial charge in [0.15, 0.2) is 0 Å². The summed E-state index contributed by atoms with van der Waals surface area (Å²) in [7, 11) is 0. The molecule has 0 aromatic heterocycles. The van der Waals surface area contributed by atoms with E-state index in [4.69, 9.17) is 5.26 Å². The van der Waals surface area contributed by atoms with Crippen molar-refractivity contribution < 1.29 is 0 Å². The first kappa shape index (κ1) is 12.3. The van der Waals surface area contributed by atoms with Crippen LogP contribution in [-0.4, -0.2) is 23.5 Å². The number of hydrogen-bond acceptors (Lipinski definition) is 2. The summed E-state index contributed by atoms with van der Waals surface area (Å²) in [6.45, 7) is 9.99. The predicted molar refractivity (Wildman–Crippen MR) is 63.4 cm³/mol. The summed E-state index contributed by atoms with van der Waals surface area (Å²) < 4.78 is 0. The fourth-order valence-corrected chi connectivity index (χ4v) is 2.24. The molecule has 0 aliphatic carbocycles. The van der Waals surface area contributed by atoms with Crippen molar-refractivity contribution in [3.63, 3.8) is 0 Å². The van der Waals surface area contributed by atoms with Crippen LogP contribution in [0.2, 0.25) is 0 Å². The van der Waals surface area contributed by atoms with Crippen LogP contribution in [0.1, 0.15) is 40.5 Å². The second-order valence-electron chi connectivity index (χ2n) is 4.91. The van der Waals surface area contributed by atoms with Crippen LogP contribution in [-0.2, 0) is 0 Å². The number of nitrogens with zero attached hydrogens (tertiary/aromatic N) is 2. The molecule has 0 N–H and O–H groups in total. The molecule has 1 unspecified atom stereocenters. The average molecular weight is 206 g/mol. The molecule has 84 valence electrons. The molecule has 0 bridgehead atoms. The molecular weight excluding hydrogens is 184 g/mol. The third-order valence-corrected chi connectivity index (χ3v) is 3.20. The third kappa shape index (κ3) is 3.07. The van der Waals surface area contributed by atoms with Crippen molar-refractivity contribution in [2.75, 3.05) is 6.54 Å². The maximum atomic E-state index is 8.84. The summed E-state index contributed by atoms with van der Waals surface area (Å²) >= 11 is 0. The van der Waals surface area contributed by atoms with Crippen LogP contribution in [0.25, 0.3) is 0 Å². The van der Waals surface area contributed by atoms with Gasteiger partial charge in [0.05, 0.1) is 12.5 Å². The van der Waals surface area contributed by atoms with Crippen molar-refractivity contribution in [2.45, 2.75) is 52.6 Å². The Morgan fingerprint density at radius 2 is 2.13 bits per heavy atom. The molecule has 0 spiro atoms. The van der Waals surface area contributed by atoms with Gasteiger partial charge in [0.1, 0.15) is 0 Å². The molecule has 1 atom stereocenters. The largest absolute Gasteiger partial charge is 0.293 e. The maximum Gasteiger partial charge on any atom is 0.0641 e. The molecule has 1 heterocycles. The zero-order valence-electron chi connectivity index (χ0n) is 10.3. The lowest BCUT2D eigenvalue weighted by molar-refractivity contribution is 0.172. The van der Waals surface area contributed by atoms with E-state index in [9.17, 15) is 0 Å². The van der Waals surface area contributed by atoms with Gasteiger partial charge in [0, 0.05) is 18.6 Å². The predicted octanol–water partition coefficient (Wildman–Crippen LogP) is 2.97. The Bertz CT molecular complexity index is 271. The Morgan fingerprint density at radius 3 is 2.60 bits per heavy atom. The van der Waals surface area contributed by atoms with Gasteiger partial charge in [0.2, 0.25) is 0 Å². The van der Waals surface area contributed by atoms with E-state index in [-0.39, 0.29) is 0 Å². The molecule has 0 saturated heterocycles. The van der Waals surface area contributed by atoms with Crippen LogP contribution in [0.5, 0.6) is 0 Å². The van der Waals surface area contributed by atoms with Crippen molar-refractivity contribution in [1.29, 1.82) is 5.26 Å². The highest BCUT2D eigenvalue weighted by atomic mass is 15.2. The lowest BCUT2D eigenvalue weighted by Crippen LogP contribution is -2.42. The molecule has 0 aromatic carbocycles. The van der Waals surface area contributed by atoms with Gasteiger partial charge in [0.25, 0.3) is 0 Å². The SMILES string of the molecule is CC(C)C1=CC(CC#N)N(C(C)C)CC1. The zero-order valence-corrected chi connectivity index (χ0v) is 10.3. The molecule has 0 aromatic rings. The first-order valence-electron chi connectivity index (χ1n) is 5.89. The number of nitriles is 1. The third-order valence-electron chi connectivity index (χ3n) is 3.20. The zero-order chi connectivity index (χ0) is 11.4. The lowest BCUT2D eigenvalue weighted by atomic mass is 9.92. The van der Waals surface area contributed by atoms with Crippen molar-refractivity contribution in [3.05, 3.63) is 11.6 Å². The Morgan fingerprint density at radius 1 is 1.47 bits per heavy atom. The quantitative estimate of drug-likeness (QED) is 0.664. The Hall–Kier alpha value is -0.810. The fourth-order valence-electron chi connectivity index (χ4n) is 2.24. The smallest absolute Gasteiger partial charge is 0.0641 e. The molecule has 0 radical (unpaired) electrons. The van der Waals surface area contributed by atoms with Crippen LogP contribution >= 0.6 is 0 Å². The van der Waals surface area contributed by atoms with E-state index in [1.54, 1.807) is 0 Å². The molecule has 0 amide bonds. The van der Waals surface area contributed by atoms with Gasteiger partial charge >= 0.3 is 0 Å². The highest BCUT2D eigenvalue weighted by Gasteiger charge is 2.24. The van der Waals surface area contributed by atoms with Gasteiger partial charge < -0.3 is 0 Å². The molecular formula is C13H22N2. The molecule has 15 heavy (non-hydrogen) atoms. The monoisotopic (exact) mass is 206 g/mol. The molecule has 1 aliphatic rings. The Kier molecular flexibility index (Phi) is 4.35. The van der Waals surface area contributed by atoms with E-state index < -0.39 is 0 Å². The van der Waals surface area contributed by atoms with Crippen LogP contribution in [0.3, 0.4) is 0 Å². The van der Waals surface area contributed by atoms with Crippen molar-refractivity contribution >= 4 is 0 Å². The second kappa shape index (κ2) is 5.32. The number of rotatable bonds is 3. The van der Waals surface area contributed by atoms with Gasteiger partial charge in [-0.25, -0.2) is 0 Å². The first-order chi connectivity index (χ1) is 7.06. The highest BCUT2D eigenvalue weighted by Crippen LogP contribution is 2.25. The Balaban J connectivity index is 2.79. The number of hydrogen-bond donors (Lipinski definition) is 0. The molecule has 2 heteroatoms. The molecule has 1 rings (SSSR count). The van der Waals surface area contributed by atoms with Crippen molar-refractivity contribution in [3.8, 4) is 6.07 Å². The van der Waals surface area contributed by atoms with Crippen LogP contribution in [0.4, 0.5) is 0 Å². The summed E-state index contributed by atoms with van der Waals surface area (Å²) in [6.07, 6.45) is 4.10. The highest BCUT2D eigenvalue weighted by molar-refractivity contribution is 5.15. The van der Waals surface area contributed by atoms with E-state index >= 15 is 0 Å². The fraction of sp³-hybridized carbons (Fsp3) is 0.769. The first-order valence-corrected chi connectivity index (χ1v) is 5.89. The van der Waals surface area contributed by atoms with E-state index in [2.05, 4.69) is 44.7 Å². The van der Waals surface area contributed by atoms with Crippen molar-refractivity contribution in [1.82, 2.24) is 4.90 Å². The van der Waals surface area contributed by atoms with E-state index in [0.717, 1.165) is 13.0 Å². The van der Waals surface area contributed by atoms with Crippen LogP contribution < -0.4 is 0 Å². The van der Waals surface area contributed by atoms with Gasteiger partial charge in [-0.2, -0.15) is 5.26 Å². The summed E-state index contributed by atoms with van der Waals surface area (Å²) in [4.78, 5) is 2.43. The lowest BCUT2D eigenvalue weighted by Gasteiger charge is -2.37. The summed E-state index contributed by atoms with van der Waals surface area (Å²) in [5.74, 6) is 0.625. The van der Waals surface area contributed by atoms with Gasteiger partial charge in [-0.05, 0) is 26.2 Å². The molecule has 2 nitrogen and oxygen atoms in total. The van der Waals surface area contributed by atoms with Gasteiger partial charge in [-0.3, -0.25) is 4.90 Å². The summed E-state index contributed by atoms with van der Waals surface area (Å²) in [5.41, 5.74) is 1.52. The van der Waals surface area contributed by atoms with E-state index in [0.29, 0.717) is 24.4 Å². The van der Waals surface area contributed by atoms with Crippen LogP contribution in [0, 0.1) is 17.2 Å². The Labute approximate surface area is 93.6 Å². The standard InChI is InChI=1S/C13H22N2/c1-10(2)12-6-8-15(11(3)4)13(9-12)5-7-14/h9-11,13H,5-6,8H2,1-4H3. The summed E-state index contributed by atoms with van der Waals surface area (Å²) in [5, 5.41) is 8.84. The van der Waals surface area contributed by atoms with Crippen LogP contribution in [0.15, 0.2) is 11.6 Å². The molecule has 0 fully saturated rings.